The molecule has 0 bridgehead atoms. The van der Waals surface area contributed by atoms with Gasteiger partial charge in [-0.1, -0.05) is 12.1 Å². The molecule has 1 aromatic carbocycles. The highest BCUT2D eigenvalue weighted by molar-refractivity contribution is 7.19. The summed E-state index contributed by atoms with van der Waals surface area (Å²) in [5.74, 6) is -0.230. The number of carbonyl (C=O) groups excluding carboxylic acids is 1. The Bertz CT molecular complexity index is 1030. The van der Waals surface area contributed by atoms with Gasteiger partial charge < -0.3 is 5.32 Å². The van der Waals surface area contributed by atoms with Crippen molar-refractivity contribution >= 4 is 33.1 Å². The summed E-state index contributed by atoms with van der Waals surface area (Å²) in [6.45, 7) is 9.70. The second kappa shape index (κ2) is 6.44. The van der Waals surface area contributed by atoms with E-state index in [0.29, 0.717) is 15.8 Å². The fraction of sp³-hybridized carbons (Fsp3) is 0.316. The number of fused-ring (bicyclic) bond motifs is 1. The van der Waals surface area contributed by atoms with Gasteiger partial charge in [-0.25, -0.2) is 4.98 Å². The largest absolute Gasteiger partial charge is 0.322 e. The Morgan fingerprint density at radius 2 is 1.96 bits per heavy atom. The van der Waals surface area contributed by atoms with Crippen LogP contribution in [0.25, 0.3) is 10.2 Å². The van der Waals surface area contributed by atoms with E-state index in [0.717, 1.165) is 21.7 Å². The first-order valence-electron chi connectivity index (χ1n) is 8.19. The van der Waals surface area contributed by atoms with Crippen LogP contribution >= 0.6 is 11.3 Å². The number of rotatable bonds is 3. The van der Waals surface area contributed by atoms with Gasteiger partial charge in [-0.05, 0) is 51.8 Å². The number of anilines is 1. The van der Waals surface area contributed by atoms with Crippen LogP contribution in [-0.4, -0.2) is 15.5 Å². The second-order valence-electron chi connectivity index (χ2n) is 6.46. The molecular weight excluding hydrogens is 334 g/mol. The lowest BCUT2D eigenvalue weighted by Gasteiger charge is -2.11. The predicted molar refractivity (Wildman–Crippen MR) is 103 cm³/mol. The van der Waals surface area contributed by atoms with E-state index in [2.05, 4.69) is 10.3 Å². The molecule has 6 heteroatoms. The quantitative estimate of drug-likeness (QED) is 0.765. The Morgan fingerprint density at radius 1 is 1.24 bits per heavy atom. The van der Waals surface area contributed by atoms with Crippen LogP contribution < -0.4 is 10.9 Å². The van der Waals surface area contributed by atoms with Crippen molar-refractivity contribution in [3.63, 3.8) is 0 Å². The highest BCUT2D eigenvalue weighted by Gasteiger charge is 2.21. The average Bonchev–Trinajstić information content (AvgIpc) is 2.89. The third kappa shape index (κ3) is 2.98. The molecule has 25 heavy (non-hydrogen) atoms. The SMILES string of the molecule is Cc1cccc(NC(=O)c2c(C)sc3c(=O)n(C(C)C)cnc23)c1C. The van der Waals surface area contributed by atoms with Crippen molar-refractivity contribution in [1.29, 1.82) is 0 Å². The molecule has 1 N–H and O–H groups in total. The molecule has 2 heterocycles. The summed E-state index contributed by atoms with van der Waals surface area (Å²) in [6, 6.07) is 5.82. The third-order valence-corrected chi connectivity index (χ3v) is 5.52. The summed E-state index contributed by atoms with van der Waals surface area (Å²) in [7, 11) is 0. The minimum Gasteiger partial charge on any atom is -0.322 e. The molecule has 3 aromatic rings. The van der Waals surface area contributed by atoms with E-state index >= 15 is 0 Å². The van der Waals surface area contributed by atoms with E-state index in [9.17, 15) is 9.59 Å². The molecule has 0 saturated carbocycles. The topological polar surface area (TPSA) is 64.0 Å². The maximum Gasteiger partial charge on any atom is 0.271 e. The fourth-order valence-electron chi connectivity index (χ4n) is 2.80. The number of carbonyl (C=O) groups is 1. The highest BCUT2D eigenvalue weighted by atomic mass is 32.1. The van der Waals surface area contributed by atoms with Crippen LogP contribution in [0.2, 0.25) is 0 Å². The fourth-order valence-corrected chi connectivity index (χ4v) is 3.84. The van der Waals surface area contributed by atoms with Gasteiger partial charge in [0.25, 0.3) is 11.5 Å². The first kappa shape index (κ1) is 17.4. The number of nitrogens with one attached hydrogen (secondary N) is 1. The van der Waals surface area contributed by atoms with Crippen LogP contribution in [0.4, 0.5) is 5.69 Å². The Labute approximate surface area is 150 Å². The smallest absolute Gasteiger partial charge is 0.271 e. The van der Waals surface area contributed by atoms with Gasteiger partial charge in [-0.2, -0.15) is 0 Å². The lowest BCUT2D eigenvalue weighted by molar-refractivity contribution is 0.102. The molecule has 2 aromatic heterocycles. The molecule has 0 unspecified atom stereocenters. The van der Waals surface area contributed by atoms with Gasteiger partial charge in [-0.3, -0.25) is 14.2 Å². The number of thiophene rings is 1. The Balaban J connectivity index is 2.08. The van der Waals surface area contributed by atoms with Crippen LogP contribution in [0, 0.1) is 20.8 Å². The van der Waals surface area contributed by atoms with Gasteiger partial charge in [0.1, 0.15) is 10.2 Å². The van der Waals surface area contributed by atoms with Crippen molar-refractivity contribution in [1.82, 2.24) is 9.55 Å². The van der Waals surface area contributed by atoms with Crippen molar-refractivity contribution < 1.29 is 4.79 Å². The van der Waals surface area contributed by atoms with Gasteiger partial charge in [0, 0.05) is 16.6 Å². The summed E-state index contributed by atoms with van der Waals surface area (Å²) in [4.78, 5) is 30.7. The summed E-state index contributed by atoms with van der Waals surface area (Å²) < 4.78 is 2.12. The van der Waals surface area contributed by atoms with E-state index < -0.39 is 0 Å². The molecule has 0 spiro atoms. The van der Waals surface area contributed by atoms with E-state index in [-0.39, 0.29) is 17.5 Å². The molecule has 1 amide bonds. The van der Waals surface area contributed by atoms with Crippen LogP contribution in [0.1, 0.15) is 46.3 Å². The van der Waals surface area contributed by atoms with Crippen LogP contribution in [0.15, 0.2) is 29.3 Å². The van der Waals surface area contributed by atoms with Gasteiger partial charge in [-0.15, -0.1) is 11.3 Å². The zero-order valence-electron chi connectivity index (χ0n) is 15.0. The lowest BCUT2D eigenvalue weighted by Crippen LogP contribution is -2.22. The molecule has 3 rings (SSSR count). The molecule has 0 radical (unpaired) electrons. The predicted octanol–water partition coefficient (Wildman–Crippen LogP) is 4.22. The maximum atomic E-state index is 12.9. The van der Waals surface area contributed by atoms with Crippen LogP contribution in [0.3, 0.4) is 0 Å². The average molecular weight is 355 g/mol. The van der Waals surface area contributed by atoms with Crippen LogP contribution in [-0.2, 0) is 0 Å². The summed E-state index contributed by atoms with van der Waals surface area (Å²) >= 11 is 1.33. The monoisotopic (exact) mass is 355 g/mol. The van der Waals surface area contributed by atoms with E-state index in [1.54, 1.807) is 4.57 Å². The number of aromatic nitrogens is 2. The first-order chi connectivity index (χ1) is 11.8. The van der Waals surface area contributed by atoms with Crippen molar-refractivity contribution in [2.45, 2.75) is 40.7 Å². The second-order valence-corrected chi connectivity index (χ2v) is 7.69. The minimum absolute atomic E-state index is 0.0269. The summed E-state index contributed by atoms with van der Waals surface area (Å²) in [6.07, 6.45) is 1.52. The number of nitrogens with zero attached hydrogens (tertiary/aromatic N) is 2. The Hall–Kier alpha value is -2.47. The number of hydrogen-bond donors (Lipinski definition) is 1. The number of benzene rings is 1. The highest BCUT2D eigenvalue weighted by Crippen LogP contribution is 2.28. The molecular formula is C19H21N3O2S. The summed E-state index contributed by atoms with van der Waals surface area (Å²) in [5, 5.41) is 2.96. The molecule has 0 atom stereocenters. The van der Waals surface area contributed by atoms with E-state index in [1.165, 1.54) is 17.7 Å². The van der Waals surface area contributed by atoms with Crippen molar-refractivity contribution in [3.05, 3.63) is 56.4 Å². The normalized spacial score (nSPS) is 11.3. The standard InChI is InChI=1S/C19H21N3O2S/c1-10(2)22-9-20-16-15(13(5)25-17(16)19(22)24)18(23)21-14-8-6-7-11(3)12(14)4/h6-10H,1-5H3,(H,21,23). The minimum atomic E-state index is -0.230. The number of amides is 1. The van der Waals surface area contributed by atoms with Gasteiger partial charge in [0.15, 0.2) is 0 Å². The zero-order chi connectivity index (χ0) is 18.3. The van der Waals surface area contributed by atoms with Crippen molar-refractivity contribution in [3.8, 4) is 0 Å². The molecule has 130 valence electrons. The lowest BCUT2D eigenvalue weighted by atomic mass is 10.1. The van der Waals surface area contributed by atoms with Crippen LogP contribution in [0.5, 0.6) is 0 Å². The molecule has 0 fully saturated rings. The third-order valence-electron chi connectivity index (χ3n) is 4.44. The van der Waals surface area contributed by atoms with Crippen molar-refractivity contribution in [2.75, 3.05) is 5.32 Å². The van der Waals surface area contributed by atoms with Crippen molar-refractivity contribution in [2.24, 2.45) is 0 Å². The molecule has 0 saturated heterocycles. The van der Waals surface area contributed by atoms with Gasteiger partial charge >= 0.3 is 0 Å². The number of hydrogen-bond acceptors (Lipinski definition) is 4. The molecule has 5 nitrogen and oxygen atoms in total. The first-order valence-corrected chi connectivity index (χ1v) is 9.00. The summed E-state index contributed by atoms with van der Waals surface area (Å²) in [5.41, 5.74) is 3.78. The maximum absolute atomic E-state index is 12.9. The molecule has 0 aliphatic heterocycles. The van der Waals surface area contributed by atoms with E-state index in [1.807, 2.05) is 52.8 Å². The Kier molecular flexibility index (Phi) is 4.47. The molecule has 0 aliphatic rings. The van der Waals surface area contributed by atoms with Gasteiger partial charge in [0.05, 0.1) is 11.9 Å². The number of aryl methyl sites for hydroxylation is 2. The van der Waals surface area contributed by atoms with Gasteiger partial charge in [0.2, 0.25) is 0 Å². The van der Waals surface area contributed by atoms with E-state index in [4.69, 9.17) is 0 Å². The zero-order valence-corrected chi connectivity index (χ0v) is 15.8. The Morgan fingerprint density at radius 3 is 2.64 bits per heavy atom. The molecule has 0 aliphatic carbocycles.